The van der Waals surface area contributed by atoms with Crippen LogP contribution in [0, 0.1) is 0 Å². The maximum Gasteiger partial charge on any atom is 0.160 e. The SMILES string of the molecule is c1ccc(-c2nc(-c3ccc(-c4c(-c5ccccc5)c(-c5ccccc5)nc(-c5ccccc5)c4-c4ccccc4)cc3)cc(-c3ccc(-c4cccc5c4sc4ccccc45)cc3)n2)cc1. The second-order valence-electron chi connectivity index (χ2n) is 16.7. The molecule has 0 aliphatic rings. The third-order valence-corrected chi connectivity index (χ3v) is 13.8. The molecule has 0 fully saturated rings. The molecule has 67 heavy (non-hydrogen) atoms. The molecule has 0 saturated carbocycles. The molecular formula is C63H41N3S. The molecule has 12 aromatic rings. The monoisotopic (exact) mass is 871 g/mol. The lowest BCUT2D eigenvalue weighted by Gasteiger charge is -2.23. The molecule has 0 spiro atoms. The molecule has 3 heterocycles. The minimum Gasteiger partial charge on any atom is -0.246 e. The predicted molar refractivity (Wildman–Crippen MR) is 282 cm³/mol. The molecule has 12 rings (SSSR count). The van der Waals surface area contributed by atoms with Gasteiger partial charge in [0.05, 0.1) is 22.8 Å². The van der Waals surface area contributed by atoms with Crippen LogP contribution in [0.5, 0.6) is 0 Å². The molecule has 0 amide bonds. The second-order valence-corrected chi connectivity index (χ2v) is 17.7. The van der Waals surface area contributed by atoms with Crippen LogP contribution in [-0.4, -0.2) is 15.0 Å². The maximum absolute atomic E-state index is 5.62. The van der Waals surface area contributed by atoms with E-state index in [0.717, 1.165) is 84.0 Å². The van der Waals surface area contributed by atoms with E-state index in [0.29, 0.717) is 5.82 Å². The molecule has 0 radical (unpaired) electrons. The van der Waals surface area contributed by atoms with E-state index in [1.54, 1.807) is 0 Å². The van der Waals surface area contributed by atoms with E-state index in [1.807, 2.05) is 29.5 Å². The van der Waals surface area contributed by atoms with Gasteiger partial charge in [0.25, 0.3) is 0 Å². The lowest BCUT2D eigenvalue weighted by atomic mass is 9.83. The number of thiophene rings is 1. The summed E-state index contributed by atoms with van der Waals surface area (Å²) in [6, 6.07) is 88.0. The van der Waals surface area contributed by atoms with Crippen molar-refractivity contribution in [1.29, 1.82) is 0 Å². The Kier molecular flexibility index (Phi) is 10.4. The van der Waals surface area contributed by atoms with Gasteiger partial charge in [-0.3, -0.25) is 0 Å². The van der Waals surface area contributed by atoms with Crippen molar-refractivity contribution < 1.29 is 0 Å². The van der Waals surface area contributed by atoms with Crippen molar-refractivity contribution in [2.24, 2.45) is 0 Å². The van der Waals surface area contributed by atoms with Gasteiger partial charge in [-0.2, -0.15) is 0 Å². The van der Waals surface area contributed by atoms with Crippen LogP contribution in [0.1, 0.15) is 0 Å². The molecular weight excluding hydrogens is 831 g/mol. The van der Waals surface area contributed by atoms with Gasteiger partial charge in [-0.1, -0.05) is 237 Å². The van der Waals surface area contributed by atoms with Crippen LogP contribution in [0.2, 0.25) is 0 Å². The summed E-state index contributed by atoms with van der Waals surface area (Å²) in [7, 11) is 0. The highest BCUT2D eigenvalue weighted by Crippen LogP contribution is 2.49. The first-order chi connectivity index (χ1) is 33.2. The summed E-state index contributed by atoms with van der Waals surface area (Å²) in [5.74, 6) is 0.683. The second kappa shape index (κ2) is 17.4. The van der Waals surface area contributed by atoms with Crippen molar-refractivity contribution in [3.05, 3.63) is 249 Å². The fraction of sp³-hybridized carbons (Fsp3) is 0. The summed E-state index contributed by atoms with van der Waals surface area (Å²) in [5.41, 5.74) is 17.7. The number of benzene rings is 9. The fourth-order valence-corrected chi connectivity index (χ4v) is 10.6. The zero-order valence-electron chi connectivity index (χ0n) is 36.4. The number of hydrogen-bond donors (Lipinski definition) is 0. The van der Waals surface area contributed by atoms with E-state index >= 15 is 0 Å². The van der Waals surface area contributed by atoms with Crippen LogP contribution < -0.4 is 0 Å². The quantitative estimate of drug-likeness (QED) is 0.145. The van der Waals surface area contributed by atoms with Gasteiger partial charge in [-0.25, -0.2) is 15.0 Å². The van der Waals surface area contributed by atoms with Crippen molar-refractivity contribution in [2.75, 3.05) is 0 Å². The Balaban J connectivity index is 1.02. The molecule has 0 N–H and O–H groups in total. The van der Waals surface area contributed by atoms with Gasteiger partial charge in [0.2, 0.25) is 0 Å². The third-order valence-electron chi connectivity index (χ3n) is 12.5. The van der Waals surface area contributed by atoms with Gasteiger partial charge in [0, 0.05) is 64.7 Å². The molecule has 0 saturated heterocycles. The van der Waals surface area contributed by atoms with Crippen LogP contribution in [0.15, 0.2) is 249 Å². The summed E-state index contributed by atoms with van der Waals surface area (Å²) in [6.07, 6.45) is 0. The van der Waals surface area contributed by atoms with Crippen LogP contribution in [0.4, 0.5) is 0 Å². The Morgan fingerprint density at radius 1 is 0.269 bits per heavy atom. The molecule has 0 aliphatic carbocycles. The van der Waals surface area contributed by atoms with E-state index in [-0.39, 0.29) is 0 Å². The molecule has 0 aliphatic heterocycles. The third kappa shape index (κ3) is 7.59. The highest BCUT2D eigenvalue weighted by molar-refractivity contribution is 7.26. The molecule has 4 heteroatoms. The zero-order valence-corrected chi connectivity index (χ0v) is 37.2. The smallest absolute Gasteiger partial charge is 0.160 e. The Morgan fingerprint density at radius 2 is 0.672 bits per heavy atom. The Hall–Kier alpha value is -8.57. The van der Waals surface area contributed by atoms with Crippen molar-refractivity contribution in [2.45, 2.75) is 0 Å². The fourth-order valence-electron chi connectivity index (χ4n) is 9.32. The van der Waals surface area contributed by atoms with Crippen LogP contribution in [0.25, 0.3) is 121 Å². The summed E-state index contributed by atoms with van der Waals surface area (Å²) >= 11 is 1.86. The highest BCUT2D eigenvalue weighted by atomic mass is 32.1. The first-order valence-corrected chi connectivity index (χ1v) is 23.4. The highest BCUT2D eigenvalue weighted by Gasteiger charge is 2.25. The van der Waals surface area contributed by atoms with Crippen molar-refractivity contribution >= 4 is 31.5 Å². The predicted octanol–water partition coefficient (Wildman–Crippen LogP) is 17.2. The topological polar surface area (TPSA) is 38.7 Å². The Morgan fingerprint density at radius 3 is 1.19 bits per heavy atom. The lowest BCUT2D eigenvalue weighted by Crippen LogP contribution is -2.01. The number of pyridine rings is 1. The van der Waals surface area contributed by atoms with Crippen molar-refractivity contribution in [1.82, 2.24) is 15.0 Å². The maximum atomic E-state index is 5.62. The number of rotatable bonds is 9. The van der Waals surface area contributed by atoms with E-state index in [2.05, 4.69) is 231 Å². The van der Waals surface area contributed by atoms with Crippen molar-refractivity contribution in [3.63, 3.8) is 0 Å². The van der Waals surface area contributed by atoms with Crippen molar-refractivity contribution in [3.8, 4) is 101 Å². The van der Waals surface area contributed by atoms with Crippen LogP contribution in [0.3, 0.4) is 0 Å². The normalized spacial score (nSPS) is 11.3. The van der Waals surface area contributed by atoms with E-state index in [1.165, 1.54) is 31.3 Å². The molecule has 3 aromatic heterocycles. The zero-order chi connectivity index (χ0) is 44.5. The lowest BCUT2D eigenvalue weighted by molar-refractivity contribution is 1.18. The largest absolute Gasteiger partial charge is 0.246 e. The van der Waals surface area contributed by atoms with Crippen LogP contribution in [-0.2, 0) is 0 Å². The summed E-state index contributed by atoms with van der Waals surface area (Å²) < 4.78 is 2.61. The Labute approximate surface area is 394 Å². The van der Waals surface area contributed by atoms with E-state index < -0.39 is 0 Å². The van der Waals surface area contributed by atoms with Gasteiger partial charge in [-0.05, 0) is 39.9 Å². The van der Waals surface area contributed by atoms with Gasteiger partial charge in [0.1, 0.15) is 0 Å². The van der Waals surface area contributed by atoms with E-state index in [4.69, 9.17) is 15.0 Å². The number of fused-ring (bicyclic) bond motifs is 3. The number of aromatic nitrogens is 3. The molecule has 0 unspecified atom stereocenters. The Bertz CT molecular complexity index is 3580. The van der Waals surface area contributed by atoms with Gasteiger partial charge >= 0.3 is 0 Å². The molecule has 9 aromatic carbocycles. The molecule has 3 nitrogen and oxygen atoms in total. The van der Waals surface area contributed by atoms with Gasteiger partial charge < -0.3 is 0 Å². The molecule has 314 valence electrons. The van der Waals surface area contributed by atoms with Gasteiger partial charge in [-0.15, -0.1) is 11.3 Å². The first kappa shape index (κ1) is 40.0. The average molecular weight is 872 g/mol. The minimum atomic E-state index is 0.683. The minimum absolute atomic E-state index is 0.683. The standard InChI is InChI=1S/C63H41N3S/c1-6-19-45(20-7-1)58-57(59(46-21-8-2-9-22-46)61(49-25-12-4-13-26-49)66-60(58)48-23-10-3-11-24-48)47-39-37-44(38-40-47)55-41-54(64-63(65-55)50-27-14-5-15-28-50)43-35-33-42(34-36-43)51-30-18-31-53-52-29-16-17-32-56(52)67-62(51)53/h1-41H. The summed E-state index contributed by atoms with van der Waals surface area (Å²) in [4.78, 5) is 16.1. The number of hydrogen-bond acceptors (Lipinski definition) is 4. The molecule has 0 atom stereocenters. The molecule has 0 bridgehead atoms. The number of nitrogens with zero attached hydrogens (tertiary/aromatic N) is 3. The van der Waals surface area contributed by atoms with E-state index in [9.17, 15) is 0 Å². The average Bonchev–Trinajstić information content (AvgIpc) is 3.81. The summed E-state index contributed by atoms with van der Waals surface area (Å²) in [5, 5.41) is 2.60. The van der Waals surface area contributed by atoms with Gasteiger partial charge in [0.15, 0.2) is 5.82 Å². The van der Waals surface area contributed by atoms with Crippen LogP contribution >= 0.6 is 11.3 Å². The summed E-state index contributed by atoms with van der Waals surface area (Å²) in [6.45, 7) is 0. The first-order valence-electron chi connectivity index (χ1n) is 22.6.